The molecule has 1 aliphatic rings. The first kappa shape index (κ1) is 16.0. The third-order valence-corrected chi connectivity index (χ3v) is 4.15. The highest BCUT2D eigenvalue weighted by atomic mass is 35.5. The molecule has 0 atom stereocenters. The van der Waals surface area contributed by atoms with Gasteiger partial charge in [-0.15, -0.1) is 0 Å². The second-order valence-electron chi connectivity index (χ2n) is 5.52. The number of carbonyl (C=O) groups excluding carboxylic acids is 1. The standard InChI is InChI=1S/C16H16Cl2N4O/c17-10-5-11(18)7-13(6-10)22-16(23)14-8-20-15(9-19-14)21-12-3-1-2-4-12/h5-9,12H,1-4H2,(H,20,21)(H,22,23). The number of amides is 1. The molecule has 0 radical (unpaired) electrons. The van der Waals surface area contributed by atoms with Crippen LogP contribution >= 0.6 is 23.2 Å². The molecule has 0 spiro atoms. The van der Waals surface area contributed by atoms with Gasteiger partial charge in [0.15, 0.2) is 0 Å². The number of aromatic nitrogens is 2. The highest BCUT2D eigenvalue weighted by Gasteiger charge is 2.15. The summed E-state index contributed by atoms with van der Waals surface area (Å²) in [6.07, 6.45) is 7.83. The van der Waals surface area contributed by atoms with Crippen LogP contribution in [0.5, 0.6) is 0 Å². The third-order valence-electron chi connectivity index (χ3n) is 3.71. The first-order valence-corrected chi connectivity index (χ1v) is 8.22. The average molecular weight is 351 g/mol. The van der Waals surface area contributed by atoms with Crippen LogP contribution < -0.4 is 10.6 Å². The molecule has 1 aromatic carbocycles. The lowest BCUT2D eigenvalue weighted by Crippen LogP contribution is -2.17. The lowest BCUT2D eigenvalue weighted by molar-refractivity contribution is 0.102. The van der Waals surface area contributed by atoms with Gasteiger partial charge in [0.2, 0.25) is 0 Å². The SMILES string of the molecule is O=C(Nc1cc(Cl)cc(Cl)c1)c1cnc(NC2CCCC2)cn1. The summed E-state index contributed by atoms with van der Waals surface area (Å²) in [7, 11) is 0. The quantitative estimate of drug-likeness (QED) is 0.857. The maximum atomic E-state index is 12.2. The molecule has 7 heteroatoms. The molecule has 2 aromatic rings. The van der Waals surface area contributed by atoms with Crippen molar-refractivity contribution in [3.63, 3.8) is 0 Å². The average Bonchev–Trinajstić information content (AvgIpc) is 3.00. The van der Waals surface area contributed by atoms with E-state index in [2.05, 4.69) is 20.6 Å². The molecule has 0 unspecified atom stereocenters. The molecule has 0 saturated heterocycles. The van der Waals surface area contributed by atoms with Crippen LogP contribution in [0.3, 0.4) is 0 Å². The number of halogens is 2. The number of nitrogens with one attached hydrogen (secondary N) is 2. The zero-order chi connectivity index (χ0) is 16.2. The molecule has 5 nitrogen and oxygen atoms in total. The fourth-order valence-electron chi connectivity index (χ4n) is 2.62. The maximum Gasteiger partial charge on any atom is 0.275 e. The molecule has 3 rings (SSSR count). The minimum absolute atomic E-state index is 0.234. The predicted octanol–water partition coefficient (Wildman–Crippen LogP) is 4.39. The van der Waals surface area contributed by atoms with E-state index in [-0.39, 0.29) is 11.6 Å². The van der Waals surface area contributed by atoms with E-state index in [0.29, 0.717) is 27.6 Å². The van der Waals surface area contributed by atoms with Gasteiger partial charge in [-0.3, -0.25) is 4.79 Å². The number of hydrogen-bond donors (Lipinski definition) is 2. The van der Waals surface area contributed by atoms with Gasteiger partial charge >= 0.3 is 0 Å². The van der Waals surface area contributed by atoms with E-state index in [1.165, 1.54) is 19.0 Å². The number of hydrogen-bond acceptors (Lipinski definition) is 4. The summed E-state index contributed by atoms with van der Waals surface area (Å²) in [5, 5.41) is 6.94. The van der Waals surface area contributed by atoms with Crippen molar-refractivity contribution < 1.29 is 4.79 Å². The summed E-state index contributed by atoms with van der Waals surface area (Å²) in [6, 6.07) is 5.30. The predicted molar refractivity (Wildman–Crippen MR) is 92.3 cm³/mol. The van der Waals surface area contributed by atoms with Crippen LogP contribution in [0.1, 0.15) is 36.2 Å². The normalized spacial score (nSPS) is 14.7. The van der Waals surface area contributed by atoms with E-state index in [4.69, 9.17) is 23.2 Å². The van der Waals surface area contributed by atoms with E-state index in [1.54, 1.807) is 24.4 Å². The number of rotatable bonds is 4. The van der Waals surface area contributed by atoms with Crippen LogP contribution in [0.4, 0.5) is 11.5 Å². The van der Waals surface area contributed by atoms with Crippen LogP contribution in [0, 0.1) is 0 Å². The summed E-state index contributed by atoms with van der Waals surface area (Å²) in [5.41, 5.74) is 0.750. The van der Waals surface area contributed by atoms with E-state index in [9.17, 15) is 4.79 Å². The van der Waals surface area contributed by atoms with Gasteiger partial charge in [0.05, 0.1) is 12.4 Å². The molecule has 23 heavy (non-hydrogen) atoms. The Balaban J connectivity index is 1.65. The van der Waals surface area contributed by atoms with Gasteiger partial charge in [0, 0.05) is 21.8 Å². The molecular formula is C16H16Cl2N4O. The smallest absolute Gasteiger partial charge is 0.275 e. The fourth-order valence-corrected chi connectivity index (χ4v) is 3.15. The van der Waals surface area contributed by atoms with Crippen LogP contribution in [0.2, 0.25) is 10.0 Å². The van der Waals surface area contributed by atoms with Crippen LogP contribution in [0.25, 0.3) is 0 Å². The summed E-state index contributed by atoms with van der Waals surface area (Å²) in [6.45, 7) is 0. The number of anilines is 2. The summed E-state index contributed by atoms with van der Waals surface area (Å²) >= 11 is 11.8. The minimum Gasteiger partial charge on any atom is -0.366 e. The lowest BCUT2D eigenvalue weighted by atomic mass is 10.2. The van der Waals surface area contributed by atoms with Gasteiger partial charge in [0.25, 0.3) is 5.91 Å². The molecule has 120 valence electrons. The molecule has 1 amide bonds. The van der Waals surface area contributed by atoms with Gasteiger partial charge in [-0.25, -0.2) is 9.97 Å². The van der Waals surface area contributed by atoms with Crippen molar-refractivity contribution in [3.8, 4) is 0 Å². The largest absolute Gasteiger partial charge is 0.366 e. The van der Waals surface area contributed by atoms with Crippen molar-refractivity contribution in [1.82, 2.24) is 9.97 Å². The first-order valence-electron chi connectivity index (χ1n) is 7.46. The summed E-state index contributed by atoms with van der Waals surface area (Å²) in [5.74, 6) is 0.336. The summed E-state index contributed by atoms with van der Waals surface area (Å²) < 4.78 is 0. The van der Waals surface area contributed by atoms with Gasteiger partial charge in [-0.05, 0) is 31.0 Å². The number of nitrogens with zero attached hydrogens (tertiary/aromatic N) is 2. The van der Waals surface area contributed by atoms with Gasteiger partial charge in [-0.1, -0.05) is 36.0 Å². The monoisotopic (exact) mass is 350 g/mol. The van der Waals surface area contributed by atoms with Crippen molar-refractivity contribution >= 4 is 40.6 Å². The molecule has 0 bridgehead atoms. The zero-order valence-electron chi connectivity index (χ0n) is 12.4. The Morgan fingerprint density at radius 1 is 1.04 bits per heavy atom. The molecule has 1 heterocycles. The Hall–Kier alpha value is -1.85. The van der Waals surface area contributed by atoms with E-state index in [1.807, 2.05) is 0 Å². The minimum atomic E-state index is -0.358. The van der Waals surface area contributed by atoms with Crippen LogP contribution in [-0.2, 0) is 0 Å². The van der Waals surface area contributed by atoms with Gasteiger partial charge in [0.1, 0.15) is 11.5 Å². The Morgan fingerprint density at radius 3 is 2.35 bits per heavy atom. The van der Waals surface area contributed by atoms with Crippen molar-refractivity contribution in [2.45, 2.75) is 31.7 Å². The molecule has 2 N–H and O–H groups in total. The number of benzene rings is 1. The molecule has 1 aliphatic carbocycles. The highest BCUT2D eigenvalue weighted by Crippen LogP contribution is 2.23. The van der Waals surface area contributed by atoms with E-state index < -0.39 is 0 Å². The Labute approximate surface area is 144 Å². The Bertz CT molecular complexity index is 679. The van der Waals surface area contributed by atoms with Crippen LogP contribution in [-0.4, -0.2) is 21.9 Å². The van der Waals surface area contributed by atoms with E-state index in [0.717, 1.165) is 12.8 Å². The Morgan fingerprint density at radius 2 is 1.74 bits per heavy atom. The Kier molecular flexibility index (Phi) is 4.98. The highest BCUT2D eigenvalue weighted by molar-refractivity contribution is 6.35. The van der Waals surface area contributed by atoms with Crippen molar-refractivity contribution in [2.24, 2.45) is 0 Å². The van der Waals surface area contributed by atoms with E-state index >= 15 is 0 Å². The number of carbonyl (C=O) groups is 1. The summed E-state index contributed by atoms with van der Waals surface area (Å²) in [4.78, 5) is 20.6. The second-order valence-corrected chi connectivity index (χ2v) is 6.40. The first-order chi connectivity index (χ1) is 11.1. The molecule has 1 fully saturated rings. The molecule has 1 aromatic heterocycles. The maximum absolute atomic E-state index is 12.2. The van der Waals surface area contributed by atoms with Gasteiger partial charge in [-0.2, -0.15) is 0 Å². The van der Waals surface area contributed by atoms with Crippen LogP contribution in [0.15, 0.2) is 30.6 Å². The van der Waals surface area contributed by atoms with Crippen molar-refractivity contribution in [3.05, 3.63) is 46.3 Å². The molecule has 0 aliphatic heterocycles. The molecular weight excluding hydrogens is 335 g/mol. The topological polar surface area (TPSA) is 66.9 Å². The molecule has 1 saturated carbocycles. The lowest BCUT2D eigenvalue weighted by Gasteiger charge is -2.12. The second kappa shape index (κ2) is 7.15. The zero-order valence-corrected chi connectivity index (χ0v) is 13.9. The van der Waals surface area contributed by atoms with Crippen molar-refractivity contribution in [2.75, 3.05) is 10.6 Å². The van der Waals surface area contributed by atoms with Gasteiger partial charge < -0.3 is 10.6 Å². The fraction of sp³-hybridized carbons (Fsp3) is 0.312. The third kappa shape index (κ3) is 4.33. The van der Waals surface area contributed by atoms with Crippen molar-refractivity contribution in [1.29, 1.82) is 0 Å².